The number of nitrogens with two attached hydrogens (primary N) is 1. The highest BCUT2D eigenvalue weighted by Crippen LogP contribution is 2.26. The molecule has 3 N–H and O–H groups in total. The van der Waals surface area contributed by atoms with Crippen LogP contribution >= 0.6 is 36.4 Å². The van der Waals surface area contributed by atoms with Crippen molar-refractivity contribution in [2.45, 2.75) is 37.5 Å². The van der Waals surface area contributed by atoms with Crippen molar-refractivity contribution in [3.63, 3.8) is 0 Å². The van der Waals surface area contributed by atoms with E-state index in [1.54, 1.807) is 6.20 Å². The van der Waals surface area contributed by atoms with Crippen LogP contribution in [0.3, 0.4) is 0 Å². The predicted octanol–water partition coefficient (Wildman–Crippen LogP) is 1.78. The van der Waals surface area contributed by atoms with Gasteiger partial charge in [-0.15, -0.1) is 24.8 Å². The van der Waals surface area contributed by atoms with Crippen molar-refractivity contribution >= 4 is 48.1 Å². The van der Waals surface area contributed by atoms with Gasteiger partial charge in [-0.05, 0) is 31.4 Å². The van der Waals surface area contributed by atoms with Crippen LogP contribution in [0.25, 0.3) is 0 Å². The van der Waals surface area contributed by atoms with Crippen molar-refractivity contribution in [3.8, 4) is 0 Å². The fraction of sp³-hybridized carbons (Fsp3) is 0.600. The Bertz CT molecular complexity index is 549. The van der Waals surface area contributed by atoms with Crippen LogP contribution in [0.2, 0.25) is 5.02 Å². The first kappa shape index (κ1) is 21.3. The highest BCUT2D eigenvalue weighted by atomic mass is 35.5. The molecule has 2 aliphatic heterocycles. The molecule has 1 amide bonds. The molecule has 0 radical (unpaired) electrons. The van der Waals surface area contributed by atoms with Gasteiger partial charge in [0.2, 0.25) is 5.91 Å². The average Bonchev–Trinajstić information content (AvgIpc) is 3.16. The van der Waals surface area contributed by atoms with Gasteiger partial charge in [-0.25, -0.2) is 4.98 Å². The van der Waals surface area contributed by atoms with Gasteiger partial charge >= 0.3 is 0 Å². The van der Waals surface area contributed by atoms with Crippen LogP contribution in [0.15, 0.2) is 18.3 Å². The van der Waals surface area contributed by atoms with Gasteiger partial charge in [0.1, 0.15) is 11.9 Å². The van der Waals surface area contributed by atoms with E-state index in [1.165, 1.54) is 0 Å². The van der Waals surface area contributed by atoms with Crippen molar-refractivity contribution in [3.05, 3.63) is 23.4 Å². The number of amides is 1. The molecule has 3 atom stereocenters. The molecule has 0 bridgehead atoms. The van der Waals surface area contributed by atoms with Crippen molar-refractivity contribution in [1.82, 2.24) is 10.3 Å². The highest BCUT2D eigenvalue weighted by Gasteiger charge is 2.33. The Morgan fingerprint density at radius 3 is 2.88 bits per heavy atom. The molecule has 2 aliphatic rings. The molecule has 6 nitrogen and oxygen atoms in total. The van der Waals surface area contributed by atoms with E-state index in [9.17, 15) is 4.79 Å². The van der Waals surface area contributed by atoms with Gasteiger partial charge in [-0.3, -0.25) is 4.79 Å². The summed E-state index contributed by atoms with van der Waals surface area (Å²) >= 11 is 6.17. The van der Waals surface area contributed by atoms with Gasteiger partial charge in [0.15, 0.2) is 0 Å². The lowest BCUT2D eigenvalue weighted by molar-refractivity contribution is -0.132. The molecule has 0 aromatic carbocycles. The second kappa shape index (κ2) is 9.63. The van der Waals surface area contributed by atoms with E-state index < -0.39 is 0 Å². The number of hydrogen-bond donors (Lipinski definition) is 2. The maximum atomic E-state index is 12.2. The maximum Gasteiger partial charge on any atom is 0.249 e. The van der Waals surface area contributed by atoms with Crippen LogP contribution < -0.4 is 16.0 Å². The van der Waals surface area contributed by atoms with Crippen LogP contribution in [0.5, 0.6) is 0 Å². The lowest BCUT2D eigenvalue weighted by Gasteiger charge is -2.20. The summed E-state index contributed by atoms with van der Waals surface area (Å²) in [6, 6.07) is 3.74. The van der Waals surface area contributed by atoms with Gasteiger partial charge in [-0.2, -0.15) is 0 Å². The third-order valence-electron chi connectivity index (χ3n) is 4.24. The van der Waals surface area contributed by atoms with Gasteiger partial charge in [0.25, 0.3) is 0 Å². The molecule has 2 saturated heterocycles. The van der Waals surface area contributed by atoms with Gasteiger partial charge < -0.3 is 20.7 Å². The van der Waals surface area contributed by atoms with E-state index in [2.05, 4.69) is 15.2 Å². The number of anilines is 1. The topological polar surface area (TPSA) is 80.5 Å². The summed E-state index contributed by atoms with van der Waals surface area (Å²) in [4.78, 5) is 18.7. The molecule has 136 valence electrons. The first-order valence-corrected chi connectivity index (χ1v) is 8.06. The molecule has 3 rings (SSSR count). The number of pyridine rings is 1. The fourth-order valence-electron chi connectivity index (χ4n) is 3.05. The minimum atomic E-state index is -0.360. The summed E-state index contributed by atoms with van der Waals surface area (Å²) < 4.78 is 5.63. The largest absolute Gasteiger partial charge is 0.364 e. The van der Waals surface area contributed by atoms with Crippen molar-refractivity contribution < 1.29 is 9.53 Å². The molecule has 2 fully saturated rings. The van der Waals surface area contributed by atoms with Gasteiger partial charge in [-0.1, -0.05) is 11.6 Å². The number of aromatic nitrogens is 1. The quantitative estimate of drug-likeness (QED) is 0.809. The second-order valence-electron chi connectivity index (χ2n) is 5.81. The standard InChI is InChI=1S/C15H21ClN4O2.2ClH/c16-12-2-1-6-18-14(12)20-7-5-10(9-20)19-15(21)13-4-3-11(8-17)22-13;;/h1-2,6,10-11,13H,3-5,7-9,17H2,(H,19,21);2*1H/t10?,11-,13+;;/m1../s1. The molecule has 0 saturated carbocycles. The van der Waals surface area contributed by atoms with Crippen LogP contribution in [-0.2, 0) is 9.53 Å². The number of halogens is 3. The van der Waals surface area contributed by atoms with E-state index >= 15 is 0 Å². The number of carbonyl (C=O) groups excluding carboxylic acids is 1. The van der Waals surface area contributed by atoms with Crippen LogP contribution in [-0.4, -0.2) is 48.8 Å². The monoisotopic (exact) mass is 396 g/mol. The van der Waals surface area contributed by atoms with Crippen molar-refractivity contribution in [2.24, 2.45) is 5.73 Å². The van der Waals surface area contributed by atoms with E-state index in [0.717, 1.165) is 38.2 Å². The molecule has 9 heteroatoms. The number of nitrogens with one attached hydrogen (secondary N) is 1. The summed E-state index contributed by atoms with van der Waals surface area (Å²) in [5, 5.41) is 3.71. The van der Waals surface area contributed by atoms with E-state index in [-0.39, 0.29) is 49.0 Å². The Morgan fingerprint density at radius 2 is 2.21 bits per heavy atom. The molecule has 1 aromatic heterocycles. The van der Waals surface area contributed by atoms with E-state index in [4.69, 9.17) is 22.1 Å². The Hall–Kier alpha value is -0.790. The lowest BCUT2D eigenvalue weighted by atomic mass is 10.1. The number of nitrogens with zero attached hydrogens (tertiary/aromatic N) is 2. The third kappa shape index (κ3) is 4.86. The lowest BCUT2D eigenvalue weighted by Crippen LogP contribution is -2.43. The number of rotatable bonds is 4. The Morgan fingerprint density at radius 1 is 1.42 bits per heavy atom. The maximum absolute atomic E-state index is 12.2. The summed E-state index contributed by atoms with van der Waals surface area (Å²) in [5.74, 6) is 0.746. The Kier molecular flexibility index (Phi) is 8.53. The smallest absolute Gasteiger partial charge is 0.249 e. The second-order valence-corrected chi connectivity index (χ2v) is 6.22. The molecule has 1 unspecified atom stereocenters. The summed E-state index contributed by atoms with van der Waals surface area (Å²) in [7, 11) is 0. The first-order chi connectivity index (χ1) is 10.7. The van der Waals surface area contributed by atoms with Gasteiger partial charge in [0, 0.05) is 31.9 Å². The predicted molar refractivity (Wildman–Crippen MR) is 99.5 cm³/mol. The van der Waals surface area contributed by atoms with Gasteiger partial charge in [0.05, 0.1) is 11.1 Å². The Labute approximate surface area is 159 Å². The van der Waals surface area contributed by atoms with E-state index in [0.29, 0.717) is 11.6 Å². The molecule has 0 aliphatic carbocycles. The number of hydrogen-bond acceptors (Lipinski definition) is 5. The SMILES string of the molecule is Cl.Cl.NC[C@H]1CC[C@@H](C(=O)NC2CCN(c3ncccc3Cl)C2)O1. The zero-order valence-corrected chi connectivity index (χ0v) is 15.6. The number of carbonyl (C=O) groups is 1. The zero-order chi connectivity index (χ0) is 15.5. The van der Waals surface area contributed by atoms with Crippen LogP contribution in [0.4, 0.5) is 5.82 Å². The molecule has 1 aromatic rings. The minimum Gasteiger partial charge on any atom is -0.364 e. The Balaban J connectivity index is 0.00000144. The zero-order valence-electron chi connectivity index (χ0n) is 13.2. The fourth-order valence-corrected chi connectivity index (χ4v) is 3.29. The van der Waals surface area contributed by atoms with Crippen molar-refractivity contribution in [2.75, 3.05) is 24.5 Å². The van der Waals surface area contributed by atoms with Crippen LogP contribution in [0, 0.1) is 0 Å². The molecular weight excluding hydrogens is 375 g/mol. The normalized spacial score (nSPS) is 25.8. The van der Waals surface area contributed by atoms with Crippen molar-refractivity contribution in [1.29, 1.82) is 0 Å². The molecule has 0 spiro atoms. The minimum absolute atomic E-state index is 0. The molecular formula is C15H23Cl3N4O2. The summed E-state index contributed by atoms with van der Waals surface area (Å²) in [6.45, 7) is 2.02. The number of ether oxygens (including phenoxy) is 1. The van der Waals surface area contributed by atoms with Crippen LogP contribution in [0.1, 0.15) is 19.3 Å². The van der Waals surface area contributed by atoms with E-state index in [1.807, 2.05) is 12.1 Å². The molecule has 24 heavy (non-hydrogen) atoms. The summed E-state index contributed by atoms with van der Waals surface area (Å²) in [5.41, 5.74) is 5.57. The first-order valence-electron chi connectivity index (χ1n) is 7.68. The summed E-state index contributed by atoms with van der Waals surface area (Å²) in [6.07, 6.45) is 3.87. The average molecular weight is 398 g/mol. The third-order valence-corrected chi connectivity index (χ3v) is 4.53. The highest BCUT2D eigenvalue weighted by molar-refractivity contribution is 6.32. The molecule has 3 heterocycles.